The summed E-state index contributed by atoms with van der Waals surface area (Å²) in [4.78, 5) is 21.2. The molecule has 0 spiro atoms. The first-order valence-corrected chi connectivity index (χ1v) is 8.81. The molecule has 25 heavy (non-hydrogen) atoms. The number of halogens is 2. The number of para-hydroxylation sites is 2. The van der Waals surface area contributed by atoms with E-state index in [-0.39, 0.29) is 17.5 Å². The molecule has 1 aromatic carbocycles. The van der Waals surface area contributed by atoms with E-state index in [2.05, 4.69) is 22.2 Å². The van der Waals surface area contributed by atoms with Crippen LogP contribution >= 0.6 is 23.2 Å². The lowest BCUT2D eigenvalue weighted by atomic mass is 10.2. The molecule has 0 saturated carbocycles. The number of imidazole rings is 1. The number of fused-ring (bicyclic) bond motifs is 1. The van der Waals surface area contributed by atoms with E-state index >= 15 is 0 Å². The smallest absolute Gasteiger partial charge is 0.231 e. The molecular formula is C18H18Cl2N4O. The second kappa shape index (κ2) is 7.42. The standard InChI is InChI=1S/C18H18Cl2N4O/c1-3-8-24-15-7-5-4-6-14(15)22-18(24)23-16(25)10-12-13(19)9-11(2)21-17(12)20/h4-7,9H,3,8,10H2,1-2H3,(H,22,23,25). The van der Waals surface area contributed by atoms with E-state index < -0.39 is 0 Å². The van der Waals surface area contributed by atoms with Gasteiger partial charge in [0.15, 0.2) is 0 Å². The Hall–Kier alpha value is -2.11. The van der Waals surface area contributed by atoms with Gasteiger partial charge in [-0.1, -0.05) is 42.3 Å². The predicted molar refractivity (Wildman–Crippen MR) is 101 cm³/mol. The van der Waals surface area contributed by atoms with Crippen LogP contribution in [-0.4, -0.2) is 20.4 Å². The van der Waals surface area contributed by atoms with Crippen molar-refractivity contribution >= 4 is 46.1 Å². The molecule has 0 aliphatic rings. The van der Waals surface area contributed by atoms with Crippen molar-refractivity contribution in [2.75, 3.05) is 5.32 Å². The van der Waals surface area contributed by atoms with Crippen LogP contribution in [0.15, 0.2) is 30.3 Å². The Morgan fingerprint density at radius 2 is 2.00 bits per heavy atom. The number of nitrogens with zero attached hydrogens (tertiary/aromatic N) is 3. The number of pyridine rings is 1. The summed E-state index contributed by atoms with van der Waals surface area (Å²) < 4.78 is 2.00. The second-order valence-electron chi connectivity index (χ2n) is 5.82. The molecule has 2 heterocycles. The quantitative estimate of drug-likeness (QED) is 0.659. The Morgan fingerprint density at radius 3 is 2.72 bits per heavy atom. The third-order valence-corrected chi connectivity index (χ3v) is 4.49. The minimum atomic E-state index is -0.234. The van der Waals surface area contributed by atoms with E-state index in [1.165, 1.54) is 0 Å². The Kier molecular flexibility index (Phi) is 5.25. The Balaban J connectivity index is 1.86. The fourth-order valence-corrected chi connectivity index (χ4v) is 3.40. The lowest BCUT2D eigenvalue weighted by Crippen LogP contribution is -2.18. The molecule has 0 bridgehead atoms. The van der Waals surface area contributed by atoms with Crippen molar-refractivity contribution in [3.05, 3.63) is 51.8 Å². The van der Waals surface area contributed by atoms with Crippen LogP contribution in [0.2, 0.25) is 10.2 Å². The lowest BCUT2D eigenvalue weighted by molar-refractivity contribution is -0.115. The van der Waals surface area contributed by atoms with Crippen molar-refractivity contribution in [2.24, 2.45) is 0 Å². The van der Waals surface area contributed by atoms with E-state index in [0.29, 0.717) is 22.2 Å². The monoisotopic (exact) mass is 376 g/mol. The molecule has 0 aliphatic heterocycles. The number of hydrogen-bond acceptors (Lipinski definition) is 3. The second-order valence-corrected chi connectivity index (χ2v) is 6.58. The van der Waals surface area contributed by atoms with Crippen LogP contribution in [0.5, 0.6) is 0 Å². The molecule has 3 rings (SSSR count). The van der Waals surface area contributed by atoms with E-state index in [1.54, 1.807) is 13.0 Å². The van der Waals surface area contributed by atoms with E-state index in [1.807, 2.05) is 28.8 Å². The van der Waals surface area contributed by atoms with Crippen LogP contribution in [0.25, 0.3) is 11.0 Å². The normalized spacial score (nSPS) is 11.0. The third-order valence-electron chi connectivity index (χ3n) is 3.84. The fraction of sp³-hybridized carbons (Fsp3) is 0.278. The van der Waals surface area contributed by atoms with Crippen LogP contribution in [0, 0.1) is 6.92 Å². The minimum absolute atomic E-state index is 0.0419. The summed E-state index contributed by atoms with van der Waals surface area (Å²) in [6.45, 7) is 4.65. The minimum Gasteiger partial charge on any atom is -0.310 e. The molecule has 0 radical (unpaired) electrons. The van der Waals surface area contributed by atoms with Crippen LogP contribution in [0.1, 0.15) is 24.6 Å². The van der Waals surface area contributed by atoms with E-state index in [0.717, 1.165) is 24.0 Å². The van der Waals surface area contributed by atoms with Crippen LogP contribution < -0.4 is 5.32 Å². The summed E-state index contributed by atoms with van der Waals surface area (Å²) in [7, 11) is 0. The number of aryl methyl sites for hydroxylation is 2. The number of carbonyl (C=O) groups is 1. The Labute approximate surface area is 156 Å². The Bertz CT molecular complexity index is 913. The zero-order chi connectivity index (χ0) is 18.0. The van der Waals surface area contributed by atoms with Gasteiger partial charge in [0.05, 0.1) is 17.5 Å². The van der Waals surface area contributed by atoms with Gasteiger partial charge in [-0.15, -0.1) is 0 Å². The molecule has 0 saturated heterocycles. The number of rotatable bonds is 5. The number of nitrogens with one attached hydrogen (secondary N) is 1. The van der Waals surface area contributed by atoms with Crippen molar-refractivity contribution in [1.29, 1.82) is 0 Å². The largest absolute Gasteiger partial charge is 0.310 e. The summed E-state index contributed by atoms with van der Waals surface area (Å²) in [5.74, 6) is 0.294. The average Bonchev–Trinajstić information content (AvgIpc) is 2.89. The van der Waals surface area contributed by atoms with Gasteiger partial charge in [0.2, 0.25) is 11.9 Å². The molecule has 0 aliphatic carbocycles. The van der Waals surface area contributed by atoms with Gasteiger partial charge >= 0.3 is 0 Å². The first kappa shape index (κ1) is 17.7. The molecule has 0 unspecified atom stereocenters. The number of anilines is 1. The number of amides is 1. The number of hydrogen-bond donors (Lipinski definition) is 1. The van der Waals surface area contributed by atoms with Crippen molar-refractivity contribution in [3.63, 3.8) is 0 Å². The molecule has 7 heteroatoms. The zero-order valence-corrected chi connectivity index (χ0v) is 15.5. The lowest BCUT2D eigenvalue weighted by Gasteiger charge is -2.10. The maximum absolute atomic E-state index is 12.5. The Morgan fingerprint density at radius 1 is 1.24 bits per heavy atom. The molecule has 1 amide bonds. The fourth-order valence-electron chi connectivity index (χ4n) is 2.73. The van der Waals surface area contributed by atoms with Gasteiger partial charge in [-0.3, -0.25) is 10.1 Å². The highest BCUT2D eigenvalue weighted by Crippen LogP contribution is 2.25. The van der Waals surface area contributed by atoms with Crippen molar-refractivity contribution in [2.45, 2.75) is 33.2 Å². The van der Waals surface area contributed by atoms with Gasteiger partial charge in [0.25, 0.3) is 0 Å². The van der Waals surface area contributed by atoms with Gasteiger partial charge in [0.1, 0.15) is 5.15 Å². The van der Waals surface area contributed by atoms with Crippen LogP contribution in [-0.2, 0) is 17.8 Å². The predicted octanol–water partition coefficient (Wildman–Crippen LogP) is 4.64. The van der Waals surface area contributed by atoms with E-state index in [9.17, 15) is 4.79 Å². The van der Waals surface area contributed by atoms with Gasteiger partial charge in [0, 0.05) is 22.8 Å². The van der Waals surface area contributed by atoms with Crippen LogP contribution in [0.3, 0.4) is 0 Å². The molecule has 130 valence electrons. The van der Waals surface area contributed by atoms with Crippen molar-refractivity contribution in [1.82, 2.24) is 14.5 Å². The van der Waals surface area contributed by atoms with Gasteiger partial charge in [-0.05, 0) is 31.5 Å². The molecule has 2 aromatic heterocycles. The molecular weight excluding hydrogens is 359 g/mol. The van der Waals surface area contributed by atoms with Crippen molar-refractivity contribution < 1.29 is 4.79 Å². The molecule has 1 N–H and O–H groups in total. The number of carbonyl (C=O) groups excluding carboxylic acids is 1. The van der Waals surface area contributed by atoms with Gasteiger partial charge in [-0.2, -0.15) is 0 Å². The van der Waals surface area contributed by atoms with Crippen molar-refractivity contribution in [3.8, 4) is 0 Å². The average molecular weight is 377 g/mol. The first-order chi connectivity index (χ1) is 12.0. The third kappa shape index (κ3) is 3.78. The van der Waals surface area contributed by atoms with E-state index in [4.69, 9.17) is 23.2 Å². The molecule has 3 aromatic rings. The van der Waals surface area contributed by atoms with Gasteiger partial charge in [-0.25, -0.2) is 9.97 Å². The highest BCUT2D eigenvalue weighted by Gasteiger charge is 2.16. The summed E-state index contributed by atoms with van der Waals surface area (Å²) in [5.41, 5.74) is 3.07. The zero-order valence-electron chi connectivity index (χ0n) is 14.0. The first-order valence-electron chi connectivity index (χ1n) is 8.06. The molecule has 5 nitrogen and oxygen atoms in total. The summed E-state index contributed by atoms with van der Waals surface area (Å²) in [6.07, 6.45) is 0.975. The maximum atomic E-state index is 12.5. The highest BCUT2D eigenvalue weighted by molar-refractivity contribution is 6.35. The van der Waals surface area contributed by atoms with Crippen LogP contribution in [0.4, 0.5) is 5.95 Å². The van der Waals surface area contributed by atoms with Gasteiger partial charge < -0.3 is 4.57 Å². The topological polar surface area (TPSA) is 59.8 Å². The number of benzene rings is 1. The number of aromatic nitrogens is 3. The SMILES string of the molecule is CCCn1c(NC(=O)Cc2c(Cl)cc(C)nc2Cl)nc2ccccc21. The summed E-state index contributed by atoms with van der Waals surface area (Å²) in [6, 6.07) is 9.50. The molecule has 0 fully saturated rings. The molecule has 0 atom stereocenters. The highest BCUT2D eigenvalue weighted by atomic mass is 35.5. The summed E-state index contributed by atoms with van der Waals surface area (Å²) in [5, 5.41) is 3.56. The summed E-state index contributed by atoms with van der Waals surface area (Å²) >= 11 is 12.3. The maximum Gasteiger partial charge on any atom is 0.231 e.